The second-order valence-corrected chi connectivity index (χ2v) is 6.01. The van der Waals surface area contributed by atoms with Crippen LogP contribution in [-0.4, -0.2) is 37.9 Å². The summed E-state index contributed by atoms with van der Waals surface area (Å²) in [5.74, 6) is 0.765. The maximum absolute atomic E-state index is 12.5. The van der Waals surface area contributed by atoms with Crippen LogP contribution in [0.3, 0.4) is 0 Å². The smallest absolute Gasteiger partial charge is 0.242 e. The number of benzene rings is 1. The largest absolute Gasteiger partial charge is 0.368 e. The molecule has 4 rings (SSSR count). The Bertz CT molecular complexity index is 869. The third-order valence-electron chi connectivity index (χ3n) is 4.40. The molecule has 0 radical (unpaired) electrons. The molecule has 0 saturated carbocycles. The molecule has 1 aliphatic rings. The van der Waals surface area contributed by atoms with Gasteiger partial charge in [0.2, 0.25) is 5.91 Å². The van der Waals surface area contributed by atoms with Gasteiger partial charge in [0.1, 0.15) is 18.5 Å². The number of hydrogen-bond acceptors (Lipinski definition) is 4. The average molecular weight is 325 g/mol. The third kappa shape index (κ3) is 2.67. The van der Waals surface area contributed by atoms with Crippen molar-refractivity contribution in [3.8, 4) is 0 Å². The zero-order valence-electron chi connectivity index (χ0n) is 13.4. The van der Waals surface area contributed by atoms with Crippen molar-refractivity contribution in [2.45, 2.75) is 25.1 Å². The summed E-state index contributed by atoms with van der Waals surface area (Å²) in [6, 6.07) is 7.78. The molecule has 1 aromatic carbocycles. The summed E-state index contributed by atoms with van der Waals surface area (Å²) in [6.07, 6.45) is 5.97. The monoisotopic (exact) mass is 325 g/mol. The fourth-order valence-corrected chi connectivity index (χ4v) is 3.18. The van der Waals surface area contributed by atoms with E-state index in [0.717, 1.165) is 23.1 Å². The Labute approximate surface area is 139 Å². The Morgan fingerprint density at radius 3 is 3.12 bits per heavy atom. The minimum atomic E-state index is -0.205. The second kappa shape index (κ2) is 6.09. The van der Waals surface area contributed by atoms with E-state index in [0.29, 0.717) is 6.61 Å². The van der Waals surface area contributed by atoms with Gasteiger partial charge in [0.05, 0.1) is 17.8 Å². The number of aromatic nitrogens is 4. The van der Waals surface area contributed by atoms with Crippen LogP contribution in [0.25, 0.3) is 10.9 Å². The summed E-state index contributed by atoms with van der Waals surface area (Å²) in [5.41, 5.74) is 0.955. The van der Waals surface area contributed by atoms with Crippen LogP contribution >= 0.6 is 0 Å². The fraction of sp³-hybridized carbons (Fsp3) is 0.353. The van der Waals surface area contributed by atoms with Gasteiger partial charge in [-0.1, -0.05) is 18.2 Å². The van der Waals surface area contributed by atoms with Crippen molar-refractivity contribution in [2.75, 3.05) is 6.61 Å². The van der Waals surface area contributed by atoms with Crippen molar-refractivity contribution in [2.24, 2.45) is 7.05 Å². The predicted octanol–water partition coefficient (Wildman–Crippen LogP) is 1.42. The number of ether oxygens (including phenoxy) is 1. The van der Waals surface area contributed by atoms with E-state index in [1.165, 1.54) is 0 Å². The highest BCUT2D eigenvalue weighted by atomic mass is 16.5. The molecule has 1 aliphatic heterocycles. The van der Waals surface area contributed by atoms with Gasteiger partial charge in [-0.2, -0.15) is 5.10 Å². The van der Waals surface area contributed by atoms with Gasteiger partial charge in [0, 0.05) is 31.4 Å². The van der Waals surface area contributed by atoms with Gasteiger partial charge < -0.3 is 14.6 Å². The molecule has 7 heteroatoms. The van der Waals surface area contributed by atoms with Crippen LogP contribution in [-0.2, 0) is 23.1 Å². The van der Waals surface area contributed by atoms with Crippen LogP contribution in [0.1, 0.15) is 18.3 Å². The van der Waals surface area contributed by atoms with Crippen molar-refractivity contribution < 1.29 is 9.53 Å². The molecule has 0 spiro atoms. The zero-order chi connectivity index (χ0) is 16.5. The van der Waals surface area contributed by atoms with Crippen molar-refractivity contribution >= 4 is 16.8 Å². The summed E-state index contributed by atoms with van der Waals surface area (Å²) in [4.78, 5) is 16.8. The number of imidazole rings is 1. The first-order chi connectivity index (χ1) is 11.7. The van der Waals surface area contributed by atoms with E-state index in [2.05, 4.69) is 15.4 Å². The number of amides is 1. The highest BCUT2D eigenvalue weighted by Gasteiger charge is 2.33. The molecule has 2 atom stereocenters. The van der Waals surface area contributed by atoms with Crippen LogP contribution in [0.4, 0.5) is 0 Å². The van der Waals surface area contributed by atoms with Gasteiger partial charge in [-0.05, 0) is 12.5 Å². The molecule has 1 N–H and O–H groups in total. The Balaban J connectivity index is 1.47. The molecule has 0 bridgehead atoms. The summed E-state index contributed by atoms with van der Waals surface area (Å²) < 4.78 is 9.42. The Morgan fingerprint density at radius 2 is 2.29 bits per heavy atom. The lowest BCUT2D eigenvalue weighted by Gasteiger charge is -2.19. The van der Waals surface area contributed by atoms with Crippen molar-refractivity contribution in [3.05, 3.63) is 48.7 Å². The first-order valence-corrected chi connectivity index (χ1v) is 8.01. The summed E-state index contributed by atoms with van der Waals surface area (Å²) in [5, 5.41) is 8.40. The zero-order valence-corrected chi connectivity index (χ0v) is 13.4. The van der Waals surface area contributed by atoms with Crippen LogP contribution in [0, 0.1) is 0 Å². The third-order valence-corrected chi connectivity index (χ3v) is 4.40. The van der Waals surface area contributed by atoms with E-state index in [4.69, 9.17) is 4.74 Å². The molecule has 3 aromatic rings. The van der Waals surface area contributed by atoms with Crippen molar-refractivity contribution in [3.63, 3.8) is 0 Å². The van der Waals surface area contributed by atoms with Gasteiger partial charge in [0.25, 0.3) is 0 Å². The van der Waals surface area contributed by atoms with Crippen LogP contribution in [0.15, 0.2) is 42.9 Å². The van der Waals surface area contributed by atoms with Crippen LogP contribution in [0.2, 0.25) is 0 Å². The second-order valence-electron chi connectivity index (χ2n) is 6.01. The Hall–Kier alpha value is -2.67. The van der Waals surface area contributed by atoms with Crippen molar-refractivity contribution in [1.29, 1.82) is 0 Å². The van der Waals surface area contributed by atoms with E-state index in [9.17, 15) is 4.79 Å². The van der Waals surface area contributed by atoms with Gasteiger partial charge in [-0.15, -0.1) is 0 Å². The molecule has 1 saturated heterocycles. The highest BCUT2D eigenvalue weighted by molar-refractivity contribution is 5.82. The Morgan fingerprint density at radius 1 is 1.42 bits per heavy atom. The van der Waals surface area contributed by atoms with Crippen LogP contribution in [0.5, 0.6) is 0 Å². The molecule has 3 heterocycles. The molecule has 0 aliphatic carbocycles. The first-order valence-electron chi connectivity index (χ1n) is 8.01. The predicted molar refractivity (Wildman–Crippen MR) is 88.2 cm³/mol. The molecular formula is C17H19N5O2. The number of nitrogens with one attached hydrogen (secondary N) is 1. The van der Waals surface area contributed by atoms with E-state index in [1.54, 1.807) is 17.1 Å². The quantitative estimate of drug-likeness (QED) is 0.787. The number of carbonyl (C=O) groups is 1. The van der Waals surface area contributed by atoms with Gasteiger partial charge in [-0.3, -0.25) is 9.48 Å². The average Bonchev–Trinajstić information content (AvgIpc) is 3.28. The lowest BCUT2D eigenvalue weighted by Crippen LogP contribution is -2.39. The summed E-state index contributed by atoms with van der Waals surface area (Å²) >= 11 is 0. The lowest BCUT2D eigenvalue weighted by atomic mass is 10.1. The summed E-state index contributed by atoms with van der Waals surface area (Å²) in [6.45, 7) is 0.810. The topological polar surface area (TPSA) is 74.0 Å². The highest BCUT2D eigenvalue weighted by Crippen LogP contribution is 2.27. The number of aryl methyl sites for hydroxylation is 1. The standard InChI is InChI=1S/C17H19N5O2/c1-21-8-7-18-17(21)16-13(6-9-24-16)20-15(23)11-22-14-5-3-2-4-12(14)10-19-22/h2-5,7-8,10,13,16H,6,9,11H2,1H3,(H,20,23)/t13-,16-/m0/s1. The first kappa shape index (κ1) is 14.9. The van der Waals surface area contributed by atoms with Crippen molar-refractivity contribution in [1.82, 2.24) is 24.6 Å². The number of fused-ring (bicyclic) bond motifs is 1. The summed E-state index contributed by atoms with van der Waals surface area (Å²) in [7, 11) is 1.93. The molecule has 2 aromatic heterocycles. The van der Waals surface area contributed by atoms with Crippen LogP contribution < -0.4 is 5.32 Å². The number of rotatable bonds is 4. The molecule has 1 fully saturated rings. The van der Waals surface area contributed by atoms with Gasteiger partial charge in [0.15, 0.2) is 0 Å². The number of nitrogens with zero attached hydrogens (tertiary/aromatic N) is 4. The fourth-order valence-electron chi connectivity index (χ4n) is 3.18. The number of para-hydroxylation sites is 1. The minimum Gasteiger partial charge on any atom is -0.368 e. The molecule has 0 unspecified atom stereocenters. The van der Waals surface area contributed by atoms with Gasteiger partial charge >= 0.3 is 0 Å². The lowest BCUT2D eigenvalue weighted by molar-refractivity contribution is -0.123. The molecule has 1 amide bonds. The maximum atomic E-state index is 12.5. The minimum absolute atomic E-state index is 0.0690. The number of carbonyl (C=O) groups excluding carboxylic acids is 1. The number of hydrogen-bond donors (Lipinski definition) is 1. The Kier molecular flexibility index (Phi) is 3.78. The molecule has 7 nitrogen and oxygen atoms in total. The van der Waals surface area contributed by atoms with E-state index in [-0.39, 0.29) is 24.6 Å². The SMILES string of the molecule is Cn1ccnc1[C@H]1OCC[C@@H]1NC(=O)Cn1ncc2ccccc21. The van der Waals surface area contributed by atoms with Gasteiger partial charge in [-0.25, -0.2) is 4.98 Å². The van der Waals surface area contributed by atoms with E-state index >= 15 is 0 Å². The normalized spacial score (nSPS) is 20.5. The molecule has 124 valence electrons. The van der Waals surface area contributed by atoms with E-state index < -0.39 is 0 Å². The maximum Gasteiger partial charge on any atom is 0.242 e. The van der Waals surface area contributed by atoms with E-state index in [1.807, 2.05) is 42.1 Å². The molecule has 24 heavy (non-hydrogen) atoms. The molecular weight excluding hydrogens is 306 g/mol.